The number of halogens is 1. The summed E-state index contributed by atoms with van der Waals surface area (Å²) in [6.07, 6.45) is 1.35. The van der Waals surface area contributed by atoms with Crippen LogP contribution in [0.4, 0.5) is 0 Å². The van der Waals surface area contributed by atoms with E-state index in [4.69, 9.17) is 11.6 Å². The van der Waals surface area contributed by atoms with Crippen molar-refractivity contribution in [3.8, 4) is 0 Å². The monoisotopic (exact) mass is 320 g/mol. The lowest BCUT2D eigenvalue weighted by Gasteiger charge is -2.14. The van der Waals surface area contributed by atoms with E-state index in [1.807, 2.05) is 24.3 Å². The standard InChI is InChI=1S/C16H17ClN2O3/c17-13-4-2-1-3-10(13)11-9-12(11)16(22)18-7-8-19-14(20)5-6-15(19)21/h1-4,11-12H,5-9H2,(H,18,22). The summed E-state index contributed by atoms with van der Waals surface area (Å²) in [5.41, 5.74) is 1.01. The van der Waals surface area contributed by atoms with Crippen LogP contribution in [0.3, 0.4) is 0 Å². The maximum absolute atomic E-state index is 12.1. The van der Waals surface area contributed by atoms with Gasteiger partial charge in [0.2, 0.25) is 17.7 Å². The second-order valence-electron chi connectivity index (χ2n) is 5.70. The van der Waals surface area contributed by atoms with Gasteiger partial charge in [0.25, 0.3) is 0 Å². The summed E-state index contributed by atoms with van der Waals surface area (Å²) in [6, 6.07) is 7.56. The Hall–Kier alpha value is -1.88. The lowest BCUT2D eigenvalue weighted by Crippen LogP contribution is -2.38. The SMILES string of the molecule is O=C(NCCN1C(=O)CCC1=O)C1CC1c1ccccc1Cl. The third-order valence-corrected chi connectivity index (χ3v) is 4.57. The molecule has 6 heteroatoms. The highest BCUT2D eigenvalue weighted by Gasteiger charge is 2.44. The average molecular weight is 321 g/mol. The first-order chi connectivity index (χ1) is 10.6. The minimum Gasteiger partial charge on any atom is -0.354 e. The van der Waals surface area contributed by atoms with Crippen LogP contribution in [-0.4, -0.2) is 35.7 Å². The third-order valence-electron chi connectivity index (χ3n) is 4.22. The van der Waals surface area contributed by atoms with Crippen LogP contribution in [0.2, 0.25) is 5.02 Å². The number of carbonyl (C=O) groups is 3. The molecule has 3 rings (SSSR count). The quantitative estimate of drug-likeness (QED) is 0.840. The second kappa shape index (κ2) is 6.08. The first-order valence-corrected chi connectivity index (χ1v) is 7.81. The molecular formula is C16H17ClN2O3. The lowest BCUT2D eigenvalue weighted by atomic mass is 10.1. The minimum atomic E-state index is -0.153. The molecule has 2 unspecified atom stereocenters. The highest BCUT2D eigenvalue weighted by Crippen LogP contribution is 2.49. The third kappa shape index (κ3) is 2.99. The van der Waals surface area contributed by atoms with Crippen LogP contribution in [0.25, 0.3) is 0 Å². The molecule has 3 amide bonds. The Morgan fingerprint density at radius 3 is 2.59 bits per heavy atom. The van der Waals surface area contributed by atoms with Crippen LogP contribution < -0.4 is 5.32 Å². The molecule has 116 valence electrons. The molecular weight excluding hydrogens is 304 g/mol. The summed E-state index contributed by atoms with van der Waals surface area (Å²) >= 11 is 6.14. The number of nitrogens with zero attached hydrogens (tertiary/aromatic N) is 1. The molecule has 0 bridgehead atoms. The van der Waals surface area contributed by atoms with Crippen LogP contribution in [0, 0.1) is 5.92 Å². The van der Waals surface area contributed by atoms with Gasteiger partial charge in [0.15, 0.2) is 0 Å². The van der Waals surface area contributed by atoms with Crippen molar-refractivity contribution < 1.29 is 14.4 Å². The van der Waals surface area contributed by atoms with Crippen LogP contribution in [-0.2, 0) is 14.4 Å². The molecule has 0 radical (unpaired) electrons. The average Bonchev–Trinajstić information content (AvgIpc) is 3.23. The molecule has 1 aliphatic carbocycles. The van der Waals surface area contributed by atoms with E-state index < -0.39 is 0 Å². The number of likely N-dealkylation sites (tertiary alicyclic amines) is 1. The van der Waals surface area contributed by atoms with Crippen molar-refractivity contribution in [2.24, 2.45) is 5.92 Å². The topological polar surface area (TPSA) is 66.5 Å². The Balaban J connectivity index is 1.47. The van der Waals surface area contributed by atoms with E-state index in [1.54, 1.807) is 0 Å². The Labute approximate surface area is 133 Å². The molecule has 1 aromatic rings. The number of nitrogens with one attached hydrogen (secondary N) is 1. The smallest absolute Gasteiger partial charge is 0.229 e. The number of carbonyl (C=O) groups excluding carboxylic acids is 3. The van der Waals surface area contributed by atoms with Gasteiger partial charge in [0.05, 0.1) is 0 Å². The number of hydrogen-bond acceptors (Lipinski definition) is 3. The fraction of sp³-hybridized carbons (Fsp3) is 0.438. The summed E-state index contributed by atoms with van der Waals surface area (Å²) < 4.78 is 0. The second-order valence-corrected chi connectivity index (χ2v) is 6.11. The van der Waals surface area contributed by atoms with E-state index in [9.17, 15) is 14.4 Å². The van der Waals surface area contributed by atoms with Gasteiger partial charge in [-0.15, -0.1) is 0 Å². The zero-order valence-electron chi connectivity index (χ0n) is 12.0. The molecule has 0 aromatic heterocycles. The Bertz CT molecular complexity index is 616. The van der Waals surface area contributed by atoms with E-state index in [0.717, 1.165) is 12.0 Å². The van der Waals surface area contributed by atoms with Gasteiger partial charge in [0.1, 0.15) is 0 Å². The van der Waals surface area contributed by atoms with Crippen molar-refractivity contribution in [3.63, 3.8) is 0 Å². The van der Waals surface area contributed by atoms with E-state index in [-0.39, 0.29) is 48.9 Å². The minimum absolute atomic E-state index is 0.0379. The van der Waals surface area contributed by atoms with Crippen molar-refractivity contribution in [3.05, 3.63) is 34.9 Å². The van der Waals surface area contributed by atoms with E-state index in [1.165, 1.54) is 4.90 Å². The van der Waals surface area contributed by atoms with Gasteiger partial charge in [-0.2, -0.15) is 0 Å². The molecule has 2 aliphatic rings. The molecule has 1 saturated carbocycles. The molecule has 2 atom stereocenters. The summed E-state index contributed by atoms with van der Waals surface area (Å²) in [5.74, 6) is -0.239. The fourth-order valence-electron chi connectivity index (χ4n) is 2.90. The van der Waals surface area contributed by atoms with Gasteiger partial charge in [-0.25, -0.2) is 0 Å². The number of benzene rings is 1. The highest BCUT2D eigenvalue weighted by molar-refractivity contribution is 6.31. The van der Waals surface area contributed by atoms with Crippen LogP contribution in [0.15, 0.2) is 24.3 Å². The highest BCUT2D eigenvalue weighted by atomic mass is 35.5. The number of rotatable bonds is 5. The Morgan fingerprint density at radius 2 is 1.91 bits per heavy atom. The molecule has 1 heterocycles. The largest absolute Gasteiger partial charge is 0.354 e. The molecule has 22 heavy (non-hydrogen) atoms. The normalized spacial score (nSPS) is 23.8. The molecule has 1 saturated heterocycles. The first-order valence-electron chi connectivity index (χ1n) is 7.43. The molecule has 1 N–H and O–H groups in total. The fourth-order valence-corrected chi connectivity index (χ4v) is 3.17. The summed E-state index contributed by atoms with van der Waals surface area (Å²) in [5, 5.41) is 3.49. The van der Waals surface area contributed by atoms with Crippen LogP contribution in [0.5, 0.6) is 0 Å². The maximum atomic E-state index is 12.1. The summed E-state index contributed by atoms with van der Waals surface area (Å²) in [7, 11) is 0. The first kappa shape index (κ1) is 15.0. The van der Waals surface area contributed by atoms with E-state index >= 15 is 0 Å². The summed E-state index contributed by atoms with van der Waals surface area (Å²) in [6.45, 7) is 0.564. The molecule has 5 nitrogen and oxygen atoms in total. The predicted octanol–water partition coefficient (Wildman–Crippen LogP) is 1.71. The zero-order chi connectivity index (χ0) is 15.7. The molecule has 1 aromatic carbocycles. The van der Waals surface area contributed by atoms with E-state index in [0.29, 0.717) is 11.6 Å². The van der Waals surface area contributed by atoms with Gasteiger partial charge < -0.3 is 5.32 Å². The van der Waals surface area contributed by atoms with Gasteiger partial charge in [0, 0.05) is 36.9 Å². The predicted molar refractivity (Wildman–Crippen MR) is 81.3 cm³/mol. The van der Waals surface area contributed by atoms with Crippen molar-refractivity contribution in [2.45, 2.75) is 25.2 Å². The number of imide groups is 1. The molecule has 2 fully saturated rings. The molecule has 1 aliphatic heterocycles. The van der Waals surface area contributed by atoms with Gasteiger partial charge in [-0.05, 0) is 24.0 Å². The zero-order valence-corrected chi connectivity index (χ0v) is 12.8. The number of hydrogen-bond donors (Lipinski definition) is 1. The van der Waals surface area contributed by atoms with E-state index in [2.05, 4.69) is 5.32 Å². The van der Waals surface area contributed by atoms with Crippen LogP contribution in [0.1, 0.15) is 30.7 Å². The van der Waals surface area contributed by atoms with Crippen molar-refractivity contribution in [1.82, 2.24) is 10.2 Å². The molecule has 0 spiro atoms. The lowest BCUT2D eigenvalue weighted by molar-refractivity contribution is -0.138. The maximum Gasteiger partial charge on any atom is 0.229 e. The Morgan fingerprint density at radius 1 is 1.23 bits per heavy atom. The van der Waals surface area contributed by atoms with Gasteiger partial charge in [-0.3, -0.25) is 19.3 Å². The van der Waals surface area contributed by atoms with Crippen LogP contribution >= 0.6 is 11.6 Å². The van der Waals surface area contributed by atoms with Crippen molar-refractivity contribution in [2.75, 3.05) is 13.1 Å². The van der Waals surface area contributed by atoms with Gasteiger partial charge in [-0.1, -0.05) is 29.8 Å². The number of amides is 3. The van der Waals surface area contributed by atoms with Crippen molar-refractivity contribution in [1.29, 1.82) is 0 Å². The van der Waals surface area contributed by atoms with Crippen molar-refractivity contribution >= 4 is 29.3 Å². The summed E-state index contributed by atoms with van der Waals surface area (Å²) in [4.78, 5) is 36.2. The van der Waals surface area contributed by atoms with Gasteiger partial charge >= 0.3 is 0 Å². The Kier molecular flexibility index (Phi) is 4.16.